The quantitative estimate of drug-likeness (QED) is 0.579. The van der Waals surface area contributed by atoms with E-state index in [0.29, 0.717) is 30.7 Å². The standard InChI is InChI=1S/C16H32N2O3/c1-6-12(4)13(5)18-16(21)17-10-9-14(11(2)3)7-8-15(19)20/h11-14H,6-10H2,1-5H3,(H,19,20)(H2,17,18,21). The molecule has 0 saturated heterocycles. The second-order valence-corrected chi connectivity index (χ2v) is 6.30. The maximum atomic E-state index is 11.8. The number of rotatable bonds is 10. The molecule has 0 aromatic heterocycles. The molecule has 21 heavy (non-hydrogen) atoms. The molecule has 0 bridgehead atoms. The van der Waals surface area contributed by atoms with E-state index in [0.717, 1.165) is 12.8 Å². The van der Waals surface area contributed by atoms with Crippen LogP contribution in [0.5, 0.6) is 0 Å². The van der Waals surface area contributed by atoms with E-state index in [1.807, 2.05) is 6.92 Å². The Balaban J connectivity index is 4.02. The summed E-state index contributed by atoms with van der Waals surface area (Å²) in [5, 5.41) is 14.6. The van der Waals surface area contributed by atoms with Gasteiger partial charge in [-0.1, -0.05) is 34.1 Å². The highest BCUT2D eigenvalue weighted by atomic mass is 16.4. The van der Waals surface area contributed by atoms with Crippen LogP contribution in [0.3, 0.4) is 0 Å². The Kier molecular flexibility index (Phi) is 9.84. The Morgan fingerprint density at radius 3 is 2.19 bits per heavy atom. The van der Waals surface area contributed by atoms with Gasteiger partial charge in [-0.15, -0.1) is 0 Å². The van der Waals surface area contributed by atoms with E-state index in [9.17, 15) is 9.59 Å². The Labute approximate surface area is 128 Å². The molecular formula is C16H32N2O3. The Bertz CT molecular complexity index is 319. The number of amides is 2. The van der Waals surface area contributed by atoms with Crippen molar-refractivity contribution in [3.05, 3.63) is 0 Å². The van der Waals surface area contributed by atoms with Crippen LogP contribution in [0.4, 0.5) is 4.79 Å². The minimum Gasteiger partial charge on any atom is -0.481 e. The summed E-state index contributed by atoms with van der Waals surface area (Å²) in [5.74, 6) is 0.449. The highest BCUT2D eigenvalue weighted by Crippen LogP contribution is 2.20. The Morgan fingerprint density at radius 2 is 1.71 bits per heavy atom. The van der Waals surface area contributed by atoms with Crippen LogP contribution in [0.25, 0.3) is 0 Å². The molecule has 2 amide bonds. The van der Waals surface area contributed by atoms with E-state index in [-0.39, 0.29) is 18.5 Å². The monoisotopic (exact) mass is 300 g/mol. The predicted molar refractivity (Wildman–Crippen MR) is 85.3 cm³/mol. The molecule has 0 aliphatic carbocycles. The third-order valence-electron chi connectivity index (χ3n) is 4.33. The SMILES string of the molecule is CCC(C)C(C)NC(=O)NCCC(CCC(=O)O)C(C)C. The number of hydrogen-bond acceptors (Lipinski definition) is 2. The van der Waals surface area contributed by atoms with E-state index in [4.69, 9.17) is 5.11 Å². The van der Waals surface area contributed by atoms with Crippen molar-refractivity contribution >= 4 is 12.0 Å². The van der Waals surface area contributed by atoms with Crippen molar-refractivity contribution in [1.29, 1.82) is 0 Å². The molecule has 3 unspecified atom stereocenters. The number of hydrogen-bond donors (Lipinski definition) is 3. The molecule has 0 saturated carbocycles. The Morgan fingerprint density at radius 1 is 1.10 bits per heavy atom. The van der Waals surface area contributed by atoms with Crippen LogP contribution in [0.1, 0.15) is 60.3 Å². The van der Waals surface area contributed by atoms with E-state index in [1.165, 1.54) is 0 Å². The van der Waals surface area contributed by atoms with E-state index in [1.54, 1.807) is 0 Å². The number of carboxylic acids is 1. The summed E-state index contributed by atoms with van der Waals surface area (Å²) in [6, 6.07) is 0.0199. The van der Waals surface area contributed by atoms with Crippen LogP contribution in [0.2, 0.25) is 0 Å². The van der Waals surface area contributed by atoms with Crippen molar-refractivity contribution in [2.75, 3.05) is 6.54 Å². The lowest BCUT2D eigenvalue weighted by Gasteiger charge is -2.22. The molecule has 0 fully saturated rings. The van der Waals surface area contributed by atoms with E-state index in [2.05, 4.69) is 38.3 Å². The van der Waals surface area contributed by atoms with Crippen molar-refractivity contribution in [3.8, 4) is 0 Å². The number of aliphatic carboxylic acids is 1. The second-order valence-electron chi connectivity index (χ2n) is 6.30. The molecule has 0 rings (SSSR count). The normalized spacial score (nSPS) is 15.3. The molecule has 0 aromatic carbocycles. The van der Waals surface area contributed by atoms with Gasteiger partial charge in [0.2, 0.25) is 0 Å². The molecule has 5 heteroatoms. The maximum absolute atomic E-state index is 11.8. The smallest absolute Gasteiger partial charge is 0.315 e. The lowest BCUT2D eigenvalue weighted by atomic mass is 9.88. The van der Waals surface area contributed by atoms with Gasteiger partial charge < -0.3 is 15.7 Å². The van der Waals surface area contributed by atoms with Gasteiger partial charge in [0.1, 0.15) is 0 Å². The summed E-state index contributed by atoms with van der Waals surface area (Å²) in [6.07, 6.45) is 2.71. The van der Waals surface area contributed by atoms with Crippen molar-refractivity contribution in [2.24, 2.45) is 17.8 Å². The molecular weight excluding hydrogens is 268 g/mol. The van der Waals surface area contributed by atoms with Gasteiger partial charge in [0.05, 0.1) is 0 Å². The van der Waals surface area contributed by atoms with E-state index >= 15 is 0 Å². The van der Waals surface area contributed by atoms with Crippen molar-refractivity contribution in [2.45, 2.75) is 66.3 Å². The molecule has 124 valence electrons. The lowest BCUT2D eigenvalue weighted by Crippen LogP contribution is -2.44. The van der Waals surface area contributed by atoms with Gasteiger partial charge >= 0.3 is 12.0 Å². The third-order valence-corrected chi connectivity index (χ3v) is 4.33. The molecule has 0 aliphatic heterocycles. The van der Waals surface area contributed by atoms with Crippen LogP contribution in [0, 0.1) is 17.8 Å². The van der Waals surface area contributed by atoms with Gasteiger partial charge in [-0.25, -0.2) is 4.79 Å². The van der Waals surface area contributed by atoms with Crippen LogP contribution in [-0.4, -0.2) is 29.7 Å². The first kappa shape index (κ1) is 19.7. The first-order valence-corrected chi connectivity index (χ1v) is 8.04. The van der Waals surface area contributed by atoms with Crippen LogP contribution < -0.4 is 10.6 Å². The van der Waals surface area contributed by atoms with Gasteiger partial charge in [0, 0.05) is 19.0 Å². The molecule has 0 aliphatic rings. The molecule has 0 aromatic rings. The first-order valence-electron chi connectivity index (χ1n) is 8.04. The molecule has 0 radical (unpaired) electrons. The van der Waals surface area contributed by atoms with E-state index < -0.39 is 5.97 Å². The van der Waals surface area contributed by atoms with Crippen LogP contribution in [-0.2, 0) is 4.79 Å². The average molecular weight is 300 g/mol. The minimum atomic E-state index is -0.756. The fourth-order valence-electron chi connectivity index (χ4n) is 2.24. The number of carboxylic acid groups (broad SMARTS) is 1. The van der Waals surface area contributed by atoms with Gasteiger partial charge in [-0.05, 0) is 37.5 Å². The summed E-state index contributed by atoms with van der Waals surface area (Å²) in [7, 11) is 0. The zero-order chi connectivity index (χ0) is 16.4. The summed E-state index contributed by atoms with van der Waals surface area (Å²) in [4.78, 5) is 22.4. The highest BCUT2D eigenvalue weighted by molar-refractivity contribution is 5.74. The summed E-state index contributed by atoms with van der Waals surface area (Å²) in [6.45, 7) is 11.0. The molecule has 3 atom stereocenters. The fourth-order valence-corrected chi connectivity index (χ4v) is 2.24. The zero-order valence-corrected chi connectivity index (χ0v) is 14.1. The topological polar surface area (TPSA) is 78.4 Å². The molecule has 0 heterocycles. The van der Waals surface area contributed by atoms with Gasteiger partial charge in [-0.3, -0.25) is 4.79 Å². The Hall–Kier alpha value is -1.26. The van der Waals surface area contributed by atoms with Gasteiger partial charge in [0.15, 0.2) is 0 Å². The lowest BCUT2D eigenvalue weighted by molar-refractivity contribution is -0.137. The third kappa shape index (κ3) is 9.32. The number of urea groups is 1. The summed E-state index contributed by atoms with van der Waals surface area (Å²) in [5.41, 5.74) is 0. The minimum absolute atomic E-state index is 0.136. The fraction of sp³-hybridized carbons (Fsp3) is 0.875. The zero-order valence-electron chi connectivity index (χ0n) is 14.1. The predicted octanol–water partition coefficient (Wildman–Crippen LogP) is 3.25. The molecule has 0 spiro atoms. The second kappa shape index (κ2) is 10.5. The largest absolute Gasteiger partial charge is 0.481 e. The van der Waals surface area contributed by atoms with Crippen molar-refractivity contribution in [3.63, 3.8) is 0 Å². The number of carbonyl (C=O) groups excluding carboxylic acids is 1. The van der Waals surface area contributed by atoms with Crippen LogP contribution in [0.15, 0.2) is 0 Å². The van der Waals surface area contributed by atoms with Crippen molar-refractivity contribution in [1.82, 2.24) is 10.6 Å². The van der Waals surface area contributed by atoms with Crippen molar-refractivity contribution < 1.29 is 14.7 Å². The van der Waals surface area contributed by atoms with Gasteiger partial charge in [0.25, 0.3) is 0 Å². The molecule has 3 N–H and O–H groups in total. The summed E-state index contributed by atoms with van der Waals surface area (Å²) < 4.78 is 0. The van der Waals surface area contributed by atoms with Crippen LogP contribution >= 0.6 is 0 Å². The first-order chi connectivity index (χ1) is 9.77. The average Bonchev–Trinajstić information content (AvgIpc) is 2.40. The maximum Gasteiger partial charge on any atom is 0.315 e. The summed E-state index contributed by atoms with van der Waals surface area (Å²) >= 11 is 0. The number of nitrogens with one attached hydrogen (secondary N) is 2. The molecule has 5 nitrogen and oxygen atoms in total. The number of carbonyl (C=O) groups is 2. The highest BCUT2D eigenvalue weighted by Gasteiger charge is 2.16. The van der Waals surface area contributed by atoms with Gasteiger partial charge in [-0.2, -0.15) is 0 Å².